The number of carbonyl (C=O) groups is 2. The van der Waals surface area contributed by atoms with Crippen LogP contribution in [0.15, 0.2) is 0 Å². The van der Waals surface area contributed by atoms with Crippen molar-refractivity contribution in [1.29, 1.82) is 0 Å². The summed E-state index contributed by atoms with van der Waals surface area (Å²) in [7, 11) is 0. The van der Waals surface area contributed by atoms with Crippen LogP contribution >= 0.6 is 0 Å². The first-order chi connectivity index (χ1) is 3.46. The summed E-state index contributed by atoms with van der Waals surface area (Å²) in [4.78, 5) is 17.8. The third kappa shape index (κ3) is 3370. The van der Waals surface area contributed by atoms with Crippen molar-refractivity contribution in [2.24, 2.45) is 0 Å². The Morgan fingerprint density at radius 2 is 0.833 bits per heavy atom. The fraction of sp³-hybridized carbons (Fsp3) is 0.500. The molecular formula is C4H6Cl2Co2O4. The summed E-state index contributed by atoms with van der Waals surface area (Å²) in [5, 5.41) is 17.8. The Bertz CT molecular complexity index is 81.1. The molecule has 2 radical (unpaired) electrons. The fourth-order valence-electron chi connectivity index (χ4n) is 0. The van der Waals surface area contributed by atoms with E-state index in [0.29, 0.717) is 0 Å². The SMILES string of the molecule is CC(=O)[O-].CC(=O)[O-].[Cl-].[Cl-].[Co+2].[Co+2]. The molecule has 0 unspecified atom stereocenters. The monoisotopic (exact) mass is 306 g/mol. The normalized spacial score (nSPS) is 4.17. The Morgan fingerprint density at radius 1 is 0.833 bits per heavy atom. The number of carboxylic acid groups (broad SMARTS) is 2. The minimum absolute atomic E-state index is 0. The van der Waals surface area contributed by atoms with Crippen molar-refractivity contribution in [2.45, 2.75) is 13.8 Å². The Labute approximate surface area is 104 Å². The number of hydrogen-bond acceptors (Lipinski definition) is 4. The second-order valence-electron chi connectivity index (χ2n) is 0.983. The molecular weight excluding hydrogens is 301 g/mol. The molecule has 0 saturated carbocycles. The molecule has 0 spiro atoms. The molecule has 12 heavy (non-hydrogen) atoms. The molecule has 0 heterocycles. The zero-order valence-electron chi connectivity index (χ0n) is 6.06. The van der Waals surface area contributed by atoms with Gasteiger partial charge in [-0.15, -0.1) is 0 Å². The summed E-state index contributed by atoms with van der Waals surface area (Å²) >= 11 is 0. The van der Waals surface area contributed by atoms with Gasteiger partial charge in [0, 0.05) is 11.9 Å². The standard InChI is InChI=1S/2C2H4O2.2ClH.2Co/c2*1-2(3)4;;;;/h2*1H3,(H,3,4);2*1H;;/q;;;;2*+2/p-4. The van der Waals surface area contributed by atoms with Crippen molar-refractivity contribution in [2.75, 3.05) is 0 Å². The van der Waals surface area contributed by atoms with E-state index in [4.69, 9.17) is 19.8 Å². The molecule has 0 aromatic heterocycles. The van der Waals surface area contributed by atoms with Crippen LogP contribution in [0.2, 0.25) is 0 Å². The van der Waals surface area contributed by atoms with Gasteiger partial charge in [0.25, 0.3) is 0 Å². The van der Waals surface area contributed by atoms with Crippen LogP contribution in [0.5, 0.6) is 0 Å². The number of hydrogen-bond donors (Lipinski definition) is 0. The average molecular weight is 307 g/mol. The van der Waals surface area contributed by atoms with Crippen LogP contribution in [0.25, 0.3) is 0 Å². The van der Waals surface area contributed by atoms with Gasteiger partial charge in [-0.3, -0.25) is 0 Å². The minimum Gasteiger partial charge on any atom is -1.00 e. The molecule has 4 nitrogen and oxygen atoms in total. The van der Waals surface area contributed by atoms with Gasteiger partial charge in [0.2, 0.25) is 0 Å². The number of halogens is 2. The first kappa shape index (κ1) is 39.1. The van der Waals surface area contributed by atoms with Crippen LogP contribution < -0.4 is 35.0 Å². The molecule has 0 atom stereocenters. The molecule has 0 bridgehead atoms. The Balaban J connectivity index is -0.0000000112. The predicted octanol–water partition coefficient (Wildman–Crippen LogP) is -8.48. The van der Waals surface area contributed by atoms with Gasteiger partial charge in [0.1, 0.15) is 0 Å². The maximum Gasteiger partial charge on any atom is 2.00 e. The van der Waals surface area contributed by atoms with E-state index in [1.807, 2.05) is 0 Å². The maximum absolute atomic E-state index is 8.89. The average Bonchev–Trinajstić information content (AvgIpc) is 1.25. The summed E-state index contributed by atoms with van der Waals surface area (Å²) in [6.45, 7) is 1.94. The zero-order chi connectivity index (χ0) is 7.15. The number of rotatable bonds is 0. The molecule has 0 aromatic carbocycles. The van der Waals surface area contributed by atoms with Crippen LogP contribution in [0.4, 0.5) is 0 Å². The minimum atomic E-state index is -1.08. The van der Waals surface area contributed by atoms with Gasteiger partial charge in [-0.1, -0.05) is 0 Å². The van der Waals surface area contributed by atoms with E-state index in [9.17, 15) is 0 Å². The molecule has 0 aliphatic rings. The van der Waals surface area contributed by atoms with Crippen LogP contribution in [0.1, 0.15) is 13.8 Å². The van der Waals surface area contributed by atoms with Crippen LogP contribution in [-0.2, 0) is 43.1 Å². The van der Waals surface area contributed by atoms with Gasteiger partial charge in [-0.05, 0) is 13.8 Å². The second-order valence-corrected chi connectivity index (χ2v) is 0.983. The molecule has 0 aliphatic heterocycles. The van der Waals surface area contributed by atoms with Gasteiger partial charge in [-0.25, -0.2) is 0 Å². The smallest absolute Gasteiger partial charge is 1.00 e. The Kier molecular flexibility index (Phi) is 97.6. The first-order valence-electron chi connectivity index (χ1n) is 1.82. The molecule has 78 valence electrons. The van der Waals surface area contributed by atoms with E-state index in [0.717, 1.165) is 13.8 Å². The first-order valence-corrected chi connectivity index (χ1v) is 1.82. The van der Waals surface area contributed by atoms with E-state index in [-0.39, 0.29) is 58.4 Å². The molecule has 0 fully saturated rings. The van der Waals surface area contributed by atoms with Crippen molar-refractivity contribution in [1.82, 2.24) is 0 Å². The van der Waals surface area contributed by atoms with Crippen LogP contribution in [0.3, 0.4) is 0 Å². The van der Waals surface area contributed by atoms with E-state index in [1.165, 1.54) is 0 Å². The van der Waals surface area contributed by atoms with Gasteiger partial charge in [-0.2, -0.15) is 0 Å². The fourth-order valence-corrected chi connectivity index (χ4v) is 0. The molecule has 0 amide bonds. The maximum atomic E-state index is 8.89. The van der Waals surface area contributed by atoms with Crippen molar-refractivity contribution in [3.05, 3.63) is 0 Å². The summed E-state index contributed by atoms with van der Waals surface area (Å²) in [6, 6.07) is 0. The number of carboxylic acids is 2. The quantitative estimate of drug-likeness (QED) is 0.445. The van der Waals surface area contributed by atoms with E-state index < -0.39 is 11.9 Å². The van der Waals surface area contributed by atoms with Crippen molar-refractivity contribution in [3.63, 3.8) is 0 Å². The Hall–Kier alpha value is 0.533. The van der Waals surface area contributed by atoms with Crippen molar-refractivity contribution >= 4 is 11.9 Å². The topological polar surface area (TPSA) is 80.3 Å². The van der Waals surface area contributed by atoms with Gasteiger partial charge in [0.05, 0.1) is 0 Å². The summed E-state index contributed by atoms with van der Waals surface area (Å²) < 4.78 is 0. The molecule has 0 aromatic rings. The van der Waals surface area contributed by atoms with E-state index in [1.54, 1.807) is 0 Å². The van der Waals surface area contributed by atoms with E-state index in [2.05, 4.69) is 0 Å². The van der Waals surface area contributed by atoms with E-state index >= 15 is 0 Å². The number of carbonyl (C=O) groups excluding carboxylic acids is 2. The predicted molar refractivity (Wildman–Crippen MR) is 21.4 cm³/mol. The summed E-state index contributed by atoms with van der Waals surface area (Å²) in [6.07, 6.45) is 0. The molecule has 0 rings (SSSR count). The third-order valence-corrected chi connectivity index (χ3v) is 0. The second kappa shape index (κ2) is 30.0. The number of aliphatic carboxylic acids is 2. The van der Waals surface area contributed by atoms with Gasteiger partial charge < -0.3 is 44.6 Å². The molecule has 0 N–H and O–H groups in total. The summed E-state index contributed by atoms with van der Waals surface area (Å²) in [5.74, 6) is -2.17. The van der Waals surface area contributed by atoms with Crippen LogP contribution in [-0.4, -0.2) is 11.9 Å². The largest absolute Gasteiger partial charge is 2.00 e. The molecule has 8 heteroatoms. The zero-order valence-corrected chi connectivity index (χ0v) is 9.65. The molecule has 0 saturated heterocycles. The van der Waals surface area contributed by atoms with Crippen molar-refractivity contribution < 1.29 is 78.2 Å². The van der Waals surface area contributed by atoms with Crippen molar-refractivity contribution in [3.8, 4) is 0 Å². The van der Waals surface area contributed by atoms with Gasteiger partial charge >= 0.3 is 33.6 Å². The Morgan fingerprint density at radius 3 is 0.833 bits per heavy atom. The summed E-state index contributed by atoms with van der Waals surface area (Å²) in [5.41, 5.74) is 0. The molecule has 0 aliphatic carbocycles. The third-order valence-electron chi connectivity index (χ3n) is 0. The van der Waals surface area contributed by atoms with Gasteiger partial charge in [0.15, 0.2) is 0 Å². The van der Waals surface area contributed by atoms with Crippen LogP contribution in [0, 0.1) is 0 Å².